The van der Waals surface area contributed by atoms with Gasteiger partial charge in [-0.3, -0.25) is 20.2 Å². The van der Waals surface area contributed by atoms with E-state index >= 15 is 0 Å². The number of nitrogens with zero attached hydrogens (tertiary/aromatic N) is 2. The van der Waals surface area contributed by atoms with Gasteiger partial charge in [-0.1, -0.05) is 68.1 Å². The maximum absolute atomic E-state index is 10.9. The smallest absolute Gasteiger partial charge is 0.277 e. The van der Waals surface area contributed by atoms with Gasteiger partial charge in [0.1, 0.15) is 0 Å². The molecular formula is C25H24N4O4. The van der Waals surface area contributed by atoms with Gasteiger partial charge < -0.3 is 11.5 Å². The van der Waals surface area contributed by atoms with E-state index in [4.69, 9.17) is 11.5 Å². The van der Waals surface area contributed by atoms with Crippen LogP contribution in [0.25, 0.3) is 22.3 Å². The van der Waals surface area contributed by atoms with Crippen LogP contribution in [0.5, 0.6) is 0 Å². The molecule has 0 aliphatic rings. The summed E-state index contributed by atoms with van der Waals surface area (Å²) in [5, 5.41) is 21.8. The van der Waals surface area contributed by atoms with Crippen LogP contribution in [0, 0.1) is 20.2 Å². The van der Waals surface area contributed by atoms with Crippen molar-refractivity contribution >= 4 is 22.7 Å². The molecule has 0 aliphatic heterocycles. The molecule has 0 saturated heterocycles. The number of hydrogen-bond acceptors (Lipinski definition) is 6. The van der Waals surface area contributed by atoms with Crippen LogP contribution < -0.4 is 11.5 Å². The molecule has 0 atom stereocenters. The van der Waals surface area contributed by atoms with Gasteiger partial charge in [-0.2, -0.15) is 0 Å². The second kappa shape index (κ2) is 11.1. The summed E-state index contributed by atoms with van der Waals surface area (Å²) in [6.45, 7) is 0. The molecule has 0 bridgehead atoms. The topological polar surface area (TPSA) is 138 Å². The van der Waals surface area contributed by atoms with Crippen LogP contribution in [-0.4, -0.2) is 9.85 Å². The summed E-state index contributed by atoms with van der Waals surface area (Å²) in [5.74, 6) is 0. The minimum atomic E-state index is -0.550. The first-order valence-electron chi connectivity index (χ1n) is 9.56. The third-order valence-electron chi connectivity index (χ3n) is 4.70. The monoisotopic (exact) mass is 444 g/mol. The van der Waals surface area contributed by atoms with Gasteiger partial charge in [-0.15, -0.1) is 0 Å². The Kier molecular flexibility index (Phi) is 8.22. The first-order valence-corrected chi connectivity index (χ1v) is 9.56. The highest BCUT2D eigenvalue weighted by Crippen LogP contribution is 2.35. The molecule has 0 aliphatic carbocycles. The van der Waals surface area contributed by atoms with Gasteiger partial charge in [0, 0.05) is 34.6 Å². The molecule has 0 radical (unpaired) electrons. The molecule has 8 heteroatoms. The Morgan fingerprint density at radius 3 is 1.06 bits per heavy atom. The number of nitrogens with two attached hydrogens (primary N) is 2. The number of benzene rings is 4. The van der Waals surface area contributed by atoms with Gasteiger partial charge in [-0.05, 0) is 24.3 Å². The highest BCUT2D eigenvalue weighted by Gasteiger charge is 2.21. The number of nitro benzene ring substituents is 2. The van der Waals surface area contributed by atoms with E-state index in [-0.39, 0.29) is 29.9 Å². The predicted octanol–water partition coefficient (Wildman–Crippen LogP) is 6.32. The van der Waals surface area contributed by atoms with E-state index in [1.54, 1.807) is 12.1 Å². The maximum atomic E-state index is 10.9. The molecule has 4 aromatic rings. The van der Waals surface area contributed by atoms with Crippen molar-refractivity contribution in [2.75, 3.05) is 11.5 Å². The fourth-order valence-corrected chi connectivity index (χ4v) is 3.21. The highest BCUT2D eigenvalue weighted by atomic mass is 16.6. The molecule has 0 amide bonds. The van der Waals surface area contributed by atoms with Gasteiger partial charge in [0.15, 0.2) is 0 Å². The summed E-state index contributed by atoms with van der Waals surface area (Å²) in [5.41, 5.74) is 15.4. The lowest BCUT2D eigenvalue weighted by atomic mass is 10.0. The summed E-state index contributed by atoms with van der Waals surface area (Å²) in [6.07, 6.45) is 0. The molecule has 33 heavy (non-hydrogen) atoms. The van der Waals surface area contributed by atoms with E-state index in [0.29, 0.717) is 0 Å². The fourth-order valence-electron chi connectivity index (χ4n) is 3.21. The van der Waals surface area contributed by atoms with Crippen LogP contribution in [0.2, 0.25) is 0 Å². The van der Waals surface area contributed by atoms with Crippen LogP contribution in [-0.2, 0) is 0 Å². The highest BCUT2D eigenvalue weighted by molar-refractivity contribution is 5.84. The normalized spacial score (nSPS) is 9.70. The van der Waals surface area contributed by atoms with Crippen molar-refractivity contribution in [1.82, 2.24) is 0 Å². The van der Waals surface area contributed by atoms with Crippen LogP contribution in [0.3, 0.4) is 0 Å². The van der Waals surface area contributed by atoms with Crippen molar-refractivity contribution in [3.63, 3.8) is 0 Å². The van der Waals surface area contributed by atoms with Crippen molar-refractivity contribution in [1.29, 1.82) is 0 Å². The van der Waals surface area contributed by atoms with Crippen molar-refractivity contribution < 1.29 is 9.85 Å². The van der Waals surface area contributed by atoms with Crippen LogP contribution in [0.1, 0.15) is 7.43 Å². The number of rotatable bonds is 4. The molecule has 0 heterocycles. The minimum Gasteiger partial charge on any atom is -0.398 e. The van der Waals surface area contributed by atoms with Crippen LogP contribution in [0.15, 0.2) is 97.1 Å². The van der Waals surface area contributed by atoms with Crippen molar-refractivity contribution in [2.24, 2.45) is 0 Å². The Bertz CT molecular complexity index is 1180. The lowest BCUT2D eigenvalue weighted by Gasteiger charge is -2.07. The largest absolute Gasteiger partial charge is 0.398 e. The molecular weight excluding hydrogens is 420 g/mol. The molecule has 8 nitrogen and oxygen atoms in total. The average molecular weight is 444 g/mol. The third-order valence-corrected chi connectivity index (χ3v) is 4.70. The van der Waals surface area contributed by atoms with Gasteiger partial charge in [0.05, 0.1) is 21.0 Å². The number of hydrogen-bond donors (Lipinski definition) is 2. The summed E-state index contributed by atoms with van der Waals surface area (Å²) in [6, 6.07) is 27.4. The number of para-hydroxylation sites is 4. The average Bonchev–Trinajstić information content (AvgIpc) is 2.80. The van der Waals surface area contributed by atoms with Gasteiger partial charge >= 0.3 is 0 Å². The molecule has 4 rings (SSSR count). The summed E-state index contributed by atoms with van der Waals surface area (Å²) in [7, 11) is 0. The van der Waals surface area contributed by atoms with Gasteiger partial charge in [0.2, 0.25) is 0 Å². The molecule has 168 valence electrons. The van der Waals surface area contributed by atoms with Crippen LogP contribution in [0.4, 0.5) is 22.7 Å². The zero-order valence-electron chi connectivity index (χ0n) is 16.9. The van der Waals surface area contributed by atoms with E-state index in [0.717, 1.165) is 22.5 Å². The first kappa shape index (κ1) is 24.5. The molecule has 0 unspecified atom stereocenters. The zero-order chi connectivity index (χ0) is 23.1. The molecule has 0 saturated carbocycles. The summed E-state index contributed by atoms with van der Waals surface area (Å²) >= 11 is 0. The van der Waals surface area contributed by atoms with E-state index in [1.165, 1.54) is 36.4 Å². The van der Waals surface area contributed by atoms with Crippen molar-refractivity contribution in [3.05, 3.63) is 117 Å². The SMILES string of the molecule is C.Nc1ccccc1-c1ccccc1N.O=[N+]([O-])c1ccccc1-c1ccccc1[N+](=O)[O-]. The van der Waals surface area contributed by atoms with Crippen molar-refractivity contribution in [2.45, 2.75) is 7.43 Å². The van der Waals surface area contributed by atoms with E-state index in [2.05, 4.69) is 0 Å². The molecule has 0 aromatic heterocycles. The van der Waals surface area contributed by atoms with Crippen molar-refractivity contribution in [3.8, 4) is 22.3 Å². The first-order chi connectivity index (χ1) is 15.4. The standard InChI is InChI=1S/C12H8N2O4.C12H12N2.CH4/c15-13(16)11-7-3-1-5-9(11)10-6-2-4-8-12(10)14(17)18;13-11-7-3-1-5-9(11)10-6-2-4-8-12(10)14;/h1-8H;1-8H,13-14H2;1H4. The quantitative estimate of drug-likeness (QED) is 0.214. The lowest BCUT2D eigenvalue weighted by molar-refractivity contribution is -0.386. The Labute approximate surface area is 191 Å². The Morgan fingerprint density at radius 1 is 0.485 bits per heavy atom. The zero-order valence-corrected chi connectivity index (χ0v) is 16.9. The predicted molar refractivity (Wildman–Crippen MR) is 133 cm³/mol. The number of nitro groups is 2. The minimum absolute atomic E-state index is 0. The molecule has 4 aromatic carbocycles. The Balaban J connectivity index is 0.000000233. The summed E-state index contributed by atoms with van der Waals surface area (Å²) in [4.78, 5) is 20.7. The van der Waals surface area contributed by atoms with Gasteiger partial charge in [-0.25, -0.2) is 0 Å². The van der Waals surface area contributed by atoms with E-state index in [9.17, 15) is 20.2 Å². The number of anilines is 2. The molecule has 0 spiro atoms. The molecule has 4 N–H and O–H groups in total. The Hall–Kier alpha value is -4.72. The summed E-state index contributed by atoms with van der Waals surface area (Å²) < 4.78 is 0. The van der Waals surface area contributed by atoms with Crippen LogP contribution >= 0.6 is 0 Å². The lowest BCUT2D eigenvalue weighted by Crippen LogP contribution is -1.95. The van der Waals surface area contributed by atoms with E-state index in [1.807, 2.05) is 48.5 Å². The number of nitrogen functional groups attached to an aromatic ring is 2. The maximum Gasteiger partial charge on any atom is 0.277 e. The molecule has 0 fully saturated rings. The third kappa shape index (κ3) is 5.71. The second-order valence-corrected chi connectivity index (χ2v) is 6.72. The van der Waals surface area contributed by atoms with Gasteiger partial charge in [0.25, 0.3) is 11.4 Å². The fraction of sp³-hybridized carbons (Fsp3) is 0.0400. The second-order valence-electron chi connectivity index (χ2n) is 6.72. The Morgan fingerprint density at radius 2 is 0.758 bits per heavy atom. The van der Waals surface area contributed by atoms with E-state index < -0.39 is 9.85 Å².